The Balaban J connectivity index is 0.000000257. The van der Waals surface area contributed by atoms with Crippen LogP contribution >= 0.6 is 0 Å². The Bertz CT molecular complexity index is 324. The molecule has 3 fully saturated rings. The van der Waals surface area contributed by atoms with E-state index in [1.165, 1.54) is 32.1 Å². The first kappa shape index (κ1) is 15.5. The largest absolute Gasteiger partial charge is 0.478 e. The van der Waals surface area contributed by atoms with E-state index < -0.39 is 5.97 Å². The fourth-order valence-electron chi connectivity index (χ4n) is 3.22. The van der Waals surface area contributed by atoms with E-state index in [1.807, 2.05) is 0 Å². The maximum atomic E-state index is 9.25. The van der Waals surface area contributed by atoms with Crippen LogP contribution in [-0.2, 0) is 19.3 Å². The zero-order valence-corrected chi connectivity index (χ0v) is 11.8. The van der Waals surface area contributed by atoms with Crippen LogP contribution in [0.2, 0.25) is 0 Å². The van der Waals surface area contributed by atoms with Gasteiger partial charge in [0.25, 0.3) is 0 Å². The van der Waals surface area contributed by atoms with Crippen molar-refractivity contribution in [3.63, 3.8) is 0 Å². The molecule has 2 bridgehead atoms. The van der Waals surface area contributed by atoms with Crippen molar-refractivity contribution < 1.29 is 24.4 Å². The molecule has 1 N–H and O–H groups in total. The molecule has 1 aliphatic heterocycles. The summed E-state index contributed by atoms with van der Waals surface area (Å²) in [6.45, 7) is 3.78. The SMILES string of the molecule is C1CCC(OOC2CC3CCC2C3)OC1.C=CC(=O)O. The van der Waals surface area contributed by atoms with Gasteiger partial charge in [-0.15, -0.1) is 0 Å². The molecule has 5 heteroatoms. The van der Waals surface area contributed by atoms with Crippen LogP contribution in [0.1, 0.15) is 44.9 Å². The second-order valence-electron chi connectivity index (χ2n) is 5.74. The lowest BCUT2D eigenvalue weighted by molar-refractivity contribution is -0.408. The molecule has 1 heterocycles. The molecular weight excluding hydrogens is 260 g/mol. The van der Waals surface area contributed by atoms with Gasteiger partial charge < -0.3 is 9.84 Å². The highest BCUT2D eigenvalue weighted by Gasteiger charge is 2.41. The Kier molecular flexibility index (Phi) is 6.01. The number of carbonyl (C=O) groups is 1. The maximum Gasteiger partial charge on any atom is 0.327 e. The maximum absolute atomic E-state index is 9.25. The first-order valence-electron chi connectivity index (χ1n) is 7.48. The highest BCUT2D eigenvalue weighted by Crippen LogP contribution is 2.46. The molecule has 3 aliphatic rings. The number of carboxylic acid groups (broad SMARTS) is 1. The molecule has 0 spiro atoms. The summed E-state index contributed by atoms with van der Waals surface area (Å²) in [7, 11) is 0. The van der Waals surface area contributed by atoms with Crippen molar-refractivity contribution in [3.05, 3.63) is 12.7 Å². The first-order valence-corrected chi connectivity index (χ1v) is 7.48. The summed E-state index contributed by atoms with van der Waals surface area (Å²) in [6.07, 6.45) is 9.75. The van der Waals surface area contributed by atoms with Crippen LogP contribution in [0.15, 0.2) is 12.7 Å². The third kappa shape index (κ3) is 4.58. The molecule has 3 rings (SSSR count). The van der Waals surface area contributed by atoms with Gasteiger partial charge in [0.15, 0.2) is 6.29 Å². The highest BCUT2D eigenvalue weighted by atomic mass is 17.2. The van der Waals surface area contributed by atoms with Crippen molar-refractivity contribution in [3.8, 4) is 0 Å². The van der Waals surface area contributed by atoms with E-state index in [-0.39, 0.29) is 6.29 Å². The summed E-state index contributed by atoms with van der Waals surface area (Å²) in [5.41, 5.74) is 0. The van der Waals surface area contributed by atoms with Gasteiger partial charge in [-0.2, -0.15) is 0 Å². The number of fused-ring (bicyclic) bond motifs is 2. The minimum absolute atomic E-state index is 0.0992. The van der Waals surface area contributed by atoms with Gasteiger partial charge >= 0.3 is 5.97 Å². The minimum atomic E-state index is -0.981. The van der Waals surface area contributed by atoms with E-state index in [4.69, 9.17) is 19.6 Å². The third-order valence-electron chi connectivity index (χ3n) is 4.27. The summed E-state index contributed by atoms with van der Waals surface area (Å²) in [5, 5.41) is 7.60. The second-order valence-corrected chi connectivity index (χ2v) is 5.74. The Morgan fingerprint density at radius 1 is 1.20 bits per heavy atom. The van der Waals surface area contributed by atoms with Gasteiger partial charge in [0.1, 0.15) is 0 Å². The van der Waals surface area contributed by atoms with Gasteiger partial charge in [0, 0.05) is 19.1 Å². The van der Waals surface area contributed by atoms with Crippen LogP contribution in [0.4, 0.5) is 0 Å². The summed E-state index contributed by atoms with van der Waals surface area (Å²) in [5.74, 6) is 0.694. The number of rotatable bonds is 4. The molecule has 0 aromatic carbocycles. The molecule has 4 unspecified atom stereocenters. The monoisotopic (exact) mass is 284 g/mol. The molecule has 2 aliphatic carbocycles. The van der Waals surface area contributed by atoms with Gasteiger partial charge in [0.2, 0.25) is 0 Å². The van der Waals surface area contributed by atoms with E-state index >= 15 is 0 Å². The fraction of sp³-hybridized carbons (Fsp3) is 0.800. The second kappa shape index (κ2) is 7.76. The molecule has 1 saturated heterocycles. The van der Waals surface area contributed by atoms with Gasteiger partial charge in [-0.1, -0.05) is 6.58 Å². The molecular formula is C15H24O5. The number of hydrogen-bond donors (Lipinski definition) is 1. The van der Waals surface area contributed by atoms with Crippen molar-refractivity contribution in [2.24, 2.45) is 11.8 Å². The van der Waals surface area contributed by atoms with Crippen molar-refractivity contribution in [2.45, 2.75) is 57.3 Å². The number of carboxylic acids is 1. The standard InChI is InChI=1S/C12H20O3.C3H4O2/c1-2-6-13-12(3-1)15-14-11-8-9-4-5-10(11)7-9;1-2-3(4)5/h9-12H,1-8H2;2H,1H2,(H,4,5). The van der Waals surface area contributed by atoms with Crippen molar-refractivity contribution in [2.75, 3.05) is 6.61 Å². The molecule has 114 valence electrons. The van der Waals surface area contributed by atoms with Gasteiger partial charge in [-0.3, -0.25) is 0 Å². The summed E-state index contributed by atoms with van der Waals surface area (Å²) in [6, 6.07) is 0. The zero-order chi connectivity index (χ0) is 14.4. The Morgan fingerprint density at radius 2 is 2.00 bits per heavy atom. The minimum Gasteiger partial charge on any atom is -0.478 e. The molecule has 20 heavy (non-hydrogen) atoms. The average Bonchev–Trinajstić information content (AvgIpc) is 3.09. The molecule has 0 amide bonds. The summed E-state index contributed by atoms with van der Waals surface area (Å²) >= 11 is 0. The average molecular weight is 284 g/mol. The molecule has 0 radical (unpaired) electrons. The number of aliphatic carboxylic acids is 1. The van der Waals surface area contributed by atoms with E-state index in [9.17, 15) is 4.79 Å². The Morgan fingerprint density at radius 3 is 2.50 bits per heavy atom. The normalized spacial score (nSPS) is 35.2. The van der Waals surface area contributed by atoms with Gasteiger partial charge in [-0.05, 0) is 50.4 Å². The Labute approximate surface area is 119 Å². The summed E-state index contributed by atoms with van der Waals surface area (Å²) in [4.78, 5) is 20.2. The number of hydrogen-bond acceptors (Lipinski definition) is 4. The smallest absolute Gasteiger partial charge is 0.327 e. The fourth-order valence-corrected chi connectivity index (χ4v) is 3.22. The van der Waals surface area contributed by atoms with Gasteiger partial charge in [-0.25, -0.2) is 14.6 Å². The van der Waals surface area contributed by atoms with E-state index in [0.717, 1.165) is 37.4 Å². The lowest BCUT2D eigenvalue weighted by Gasteiger charge is -2.26. The lowest BCUT2D eigenvalue weighted by atomic mass is 9.98. The predicted octanol–water partition coefficient (Wildman–Crippen LogP) is 2.91. The van der Waals surface area contributed by atoms with Crippen molar-refractivity contribution in [1.29, 1.82) is 0 Å². The molecule has 0 aromatic heterocycles. The van der Waals surface area contributed by atoms with Crippen molar-refractivity contribution >= 4 is 5.97 Å². The summed E-state index contributed by atoms with van der Waals surface area (Å²) < 4.78 is 5.47. The predicted molar refractivity (Wildman–Crippen MR) is 72.8 cm³/mol. The topological polar surface area (TPSA) is 65.0 Å². The molecule has 4 atom stereocenters. The zero-order valence-electron chi connectivity index (χ0n) is 11.8. The molecule has 5 nitrogen and oxygen atoms in total. The lowest BCUT2D eigenvalue weighted by Crippen LogP contribution is -2.27. The van der Waals surface area contributed by atoms with Crippen LogP contribution < -0.4 is 0 Å². The van der Waals surface area contributed by atoms with E-state index in [0.29, 0.717) is 6.10 Å². The van der Waals surface area contributed by atoms with Crippen LogP contribution in [-0.4, -0.2) is 30.1 Å². The first-order chi connectivity index (χ1) is 9.69. The number of ether oxygens (including phenoxy) is 1. The van der Waals surface area contributed by atoms with E-state index in [1.54, 1.807) is 0 Å². The molecule has 2 saturated carbocycles. The quantitative estimate of drug-likeness (QED) is 0.488. The van der Waals surface area contributed by atoms with E-state index in [2.05, 4.69) is 6.58 Å². The van der Waals surface area contributed by atoms with Gasteiger partial charge in [0.05, 0.1) is 6.10 Å². The molecule has 0 aromatic rings. The third-order valence-corrected chi connectivity index (χ3v) is 4.27. The van der Waals surface area contributed by atoms with Crippen molar-refractivity contribution in [1.82, 2.24) is 0 Å². The van der Waals surface area contributed by atoms with Crippen LogP contribution in [0, 0.1) is 11.8 Å². The van der Waals surface area contributed by atoms with Crippen LogP contribution in [0.3, 0.4) is 0 Å². The van der Waals surface area contributed by atoms with Crippen LogP contribution in [0.5, 0.6) is 0 Å². The Hall–Kier alpha value is -0.910. The highest BCUT2D eigenvalue weighted by molar-refractivity contribution is 5.78. The van der Waals surface area contributed by atoms with Crippen LogP contribution in [0.25, 0.3) is 0 Å².